The van der Waals surface area contributed by atoms with Crippen molar-refractivity contribution in [1.29, 1.82) is 0 Å². The van der Waals surface area contributed by atoms with Crippen LogP contribution in [0.15, 0.2) is 29.2 Å². The lowest BCUT2D eigenvalue weighted by molar-refractivity contribution is 0.0487. The fraction of sp³-hybridized carbons (Fsp3) is 0.381. The van der Waals surface area contributed by atoms with E-state index in [-0.39, 0.29) is 42.0 Å². The SMILES string of the molecule is CCCOC(=O)c1ccc(C(=O)OCCC)c(S(=O)(=O)NC(=O)Nc2nc(OC)cc(OC)n2)c1. The predicted molar refractivity (Wildman–Crippen MR) is 122 cm³/mol. The van der Waals surface area contributed by atoms with Gasteiger partial charge in [0, 0.05) is 0 Å². The van der Waals surface area contributed by atoms with Crippen LogP contribution in [0.3, 0.4) is 0 Å². The van der Waals surface area contributed by atoms with Crippen LogP contribution in [0.1, 0.15) is 47.4 Å². The Hall–Kier alpha value is -3.94. The van der Waals surface area contributed by atoms with Crippen molar-refractivity contribution in [3.05, 3.63) is 35.4 Å². The fourth-order valence-corrected chi connectivity index (χ4v) is 3.69. The Morgan fingerprint density at radius 3 is 2.00 bits per heavy atom. The molecule has 0 bridgehead atoms. The molecule has 190 valence electrons. The van der Waals surface area contributed by atoms with E-state index in [1.165, 1.54) is 26.4 Å². The third-order valence-corrected chi connectivity index (χ3v) is 5.52. The lowest BCUT2D eigenvalue weighted by atomic mass is 10.1. The second kappa shape index (κ2) is 12.5. The van der Waals surface area contributed by atoms with Crippen molar-refractivity contribution >= 4 is 33.9 Å². The molecule has 1 aromatic carbocycles. The van der Waals surface area contributed by atoms with Gasteiger partial charge in [0.05, 0.1) is 44.6 Å². The van der Waals surface area contributed by atoms with Crippen molar-refractivity contribution in [1.82, 2.24) is 14.7 Å². The third kappa shape index (κ3) is 7.53. The van der Waals surface area contributed by atoms with E-state index < -0.39 is 32.9 Å². The molecule has 0 fully saturated rings. The van der Waals surface area contributed by atoms with E-state index >= 15 is 0 Å². The quantitative estimate of drug-likeness (QED) is 0.424. The first-order valence-electron chi connectivity index (χ1n) is 10.4. The Labute approximate surface area is 202 Å². The minimum atomic E-state index is -4.68. The molecule has 0 saturated heterocycles. The maximum atomic E-state index is 13.0. The average Bonchev–Trinajstić information content (AvgIpc) is 2.84. The molecule has 0 unspecified atom stereocenters. The van der Waals surface area contributed by atoms with Gasteiger partial charge in [0.15, 0.2) is 0 Å². The Balaban J connectivity index is 2.38. The van der Waals surface area contributed by atoms with Crippen molar-refractivity contribution in [2.45, 2.75) is 31.6 Å². The molecule has 1 heterocycles. The summed E-state index contributed by atoms with van der Waals surface area (Å²) in [6.45, 7) is 3.72. The molecule has 0 atom stereocenters. The second-order valence-corrected chi connectivity index (χ2v) is 8.47. The predicted octanol–water partition coefficient (Wildman–Crippen LogP) is 2.14. The van der Waals surface area contributed by atoms with E-state index in [1.807, 2.05) is 0 Å². The molecule has 0 aliphatic rings. The van der Waals surface area contributed by atoms with Crippen LogP contribution in [0.2, 0.25) is 0 Å². The number of aromatic nitrogens is 2. The molecule has 0 radical (unpaired) electrons. The van der Waals surface area contributed by atoms with Gasteiger partial charge in [-0.2, -0.15) is 9.97 Å². The monoisotopic (exact) mass is 510 g/mol. The number of nitrogens with zero attached hydrogens (tertiary/aromatic N) is 2. The highest BCUT2D eigenvalue weighted by molar-refractivity contribution is 7.90. The van der Waals surface area contributed by atoms with Crippen molar-refractivity contribution in [2.24, 2.45) is 0 Å². The third-order valence-electron chi connectivity index (χ3n) is 4.15. The van der Waals surface area contributed by atoms with Crippen molar-refractivity contribution < 1.29 is 41.7 Å². The molecule has 35 heavy (non-hydrogen) atoms. The lowest BCUT2D eigenvalue weighted by Gasteiger charge is -2.13. The summed E-state index contributed by atoms with van der Waals surface area (Å²) < 4.78 is 47.8. The van der Waals surface area contributed by atoms with Gasteiger partial charge in [-0.25, -0.2) is 27.5 Å². The number of hydrogen-bond acceptors (Lipinski definition) is 11. The summed E-state index contributed by atoms with van der Waals surface area (Å²) in [5.74, 6) is -1.95. The zero-order valence-corrected chi connectivity index (χ0v) is 20.4. The first kappa shape index (κ1) is 27.3. The van der Waals surface area contributed by atoms with Gasteiger partial charge in [0.1, 0.15) is 4.90 Å². The number of methoxy groups -OCH3 is 2. The first-order valence-corrected chi connectivity index (χ1v) is 11.9. The van der Waals surface area contributed by atoms with Gasteiger partial charge in [-0.15, -0.1) is 0 Å². The highest BCUT2D eigenvalue weighted by atomic mass is 32.2. The number of rotatable bonds is 11. The topological polar surface area (TPSA) is 172 Å². The Kier molecular flexibility index (Phi) is 9.75. The van der Waals surface area contributed by atoms with Crippen LogP contribution in [0.5, 0.6) is 11.8 Å². The molecule has 13 nitrogen and oxygen atoms in total. The molecule has 0 spiro atoms. The highest BCUT2D eigenvalue weighted by Crippen LogP contribution is 2.21. The van der Waals surface area contributed by atoms with Gasteiger partial charge in [0.25, 0.3) is 10.0 Å². The fourth-order valence-electron chi connectivity index (χ4n) is 2.56. The Bertz CT molecular complexity index is 1160. The normalized spacial score (nSPS) is 10.7. The largest absolute Gasteiger partial charge is 0.481 e. The first-order chi connectivity index (χ1) is 16.6. The van der Waals surface area contributed by atoms with E-state index in [0.29, 0.717) is 12.8 Å². The number of ether oxygens (including phenoxy) is 4. The number of esters is 2. The molecule has 14 heteroatoms. The van der Waals surface area contributed by atoms with Crippen molar-refractivity contribution in [2.75, 3.05) is 32.8 Å². The molecule has 0 aliphatic heterocycles. The summed E-state index contributed by atoms with van der Waals surface area (Å²) in [7, 11) is -2.02. The number of nitrogens with one attached hydrogen (secondary N) is 2. The zero-order chi connectivity index (χ0) is 26.0. The summed E-state index contributed by atoms with van der Waals surface area (Å²) in [5.41, 5.74) is -0.503. The summed E-state index contributed by atoms with van der Waals surface area (Å²) in [4.78, 5) is 44.2. The van der Waals surface area contributed by atoms with Gasteiger partial charge < -0.3 is 18.9 Å². The van der Waals surface area contributed by atoms with Gasteiger partial charge in [-0.05, 0) is 31.0 Å². The molecule has 2 N–H and O–H groups in total. The zero-order valence-electron chi connectivity index (χ0n) is 19.6. The Morgan fingerprint density at radius 1 is 0.886 bits per heavy atom. The second-order valence-electron chi connectivity index (χ2n) is 6.82. The number of benzene rings is 1. The van der Waals surface area contributed by atoms with Gasteiger partial charge >= 0.3 is 18.0 Å². The van der Waals surface area contributed by atoms with Crippen LogP contribution in [0.25, 0.3) is 0 Å². The molecular weight excluding hydrogens is 484 g/mol. The summed E-state index contributed by atoms with van der Waals surface area (Å²) in [6.07, 6.45) is 1.05. The summed E-state index contributed by atoms with van der Waals surface area (Å²) in [5, 5.41) is 2.15. The van der Waals surface area contributed by atoms with Crippen LogP contribution in [-0.4, -0.2) is 63.8 Å². The van der Waals surface area contributed by atoms with Gasteiger partial charge in [-0.3, -0.25) is 5.32 Å². The molecule has 2 amide bonds. The van der Waals surface area contributed by atoms with E-state index in [9.17, 15) is 22.8 Å². The molecular formula is C21H26N4O9S. The average molecular weight is 511 g/mol. The maximum absolute atomic E-state index is 13.0. The van der Waals surface area contributed by atoms with E-state index in [2.05, 4.69) is 15.3 Å². The standard InChI is InChI=1S/C21H26N4O9S/c1-5-9-33-18(26)13-7-8-14(19(27)34-10-6-2)15(11-13)35(29,30)25-21(28)24-20-22-16(31-3)12-17(23-20)32-4/h7-8,11-12H,5-6,9-10H2,1-4H3,(H2,22,23,24,25,28). The highest BCUT2D eigenvalue weighted by Gasteiger charge is 2.27. The Morgan fingerprint density at radius 2 is 1.46 bits per heavy atom. The van der Waals surface area contributed by atoms with E-state index in [0.717, 1.165) is 12.1 Å². The number of anilines is 1. The van der Waals surface area contributed by atoms with Crippen molar-refractivity contribution in [3.8, 4) is 11.8 Å². The number of hydrogen-bond donors (Lipinski definition) is 2. The van der Waals surface area contributed by atoms with Crippen LogP contribution in [0.4, 0.5) is 10.7 Å². The van der Waals surface area contributed by atoms with Crippen LogP contribution < -0.4 is 19.5 Å². The number of sulfonamides is 1. The van der Waals surface area contributed by atoms with Gasteiger partial charge in [0.2, 0.25) is 17.7 Å². The summed E-state index contributed by atoms with van der Waals surface area (Å²) in [6, 6.07) is 3.38. The van der Waals surface area contributed by atoms with Crippen LogP contribution in [-0.2, 0) is 19.5 Å². The van der Waals surface area contributed by atoms with E-state index in [4.69, 9.17) is 18.9 Å². The number of urea groups is 1. The summed E-state index contributed by atoms with van der Waals surface area (Å²) >= 11 is 0. The minimum Gasteiger partial charge on any atom is -0.481 e. The van der Waals surface area contributed by atoms with Crippen LogP contribution >= 0.6 is 0 Å². The molecule has 2 aromatic rings. The maximum Gasteiger partial charge on any atom is 0.339 e. The number of carbonyl (C=O) groups excluding carboxylic acids is 3. The van der Waals surface area contributed by atoms with Crippen molar-refractivity contribution in [3.63, 3.8) is 0 Å². The molecule has 1 aromatic heterocycles. The van der Waals surface area contributed by atoms with Gasteiger partial charge in [-0.1, -0.05) is 13.8 Å². The van der Waals surface area contributed by atoms with Crippen LogP contribution in [0, 0.1) is 0 Å². The lowest BCUT2D eigenvalue weighted by Crippen LogP contribution is -2.36. The van der Waals surface area contributed by atoms with E-state index in [1.54, 1.807) is 18.6 Å². The molecule has 0 aliphatic carbocycles. The number of amides is 2. The minimum absolute atomic E-state index is 0.0432. The number of carbonyl (C=O) groups is 3. The molecule has 0 saturated carbocycles. The smallest absolute Gasteiger partial charge is 0.339 e. The molecule has 2 rings (SSSR count).